The van der Waals surface area contributed by atoms with Crippen LogP contribution in [0.15, 0.2) is 16.7 Å². The van der Waals surface area contributed by atoms with Gasteiger partial charge in [-0.1, -0.05) is 10.4 Å². The number of carboxylic acid groups (broad SMARTS) is 2. The predicted molar refractivity (Wildman–Crippen MR) is 124 cm³/mol. The van der Waals surface area contributed by atoms with Crippen LogP contribution in [0.1, 0.15) is 30.6 Å². The molecule has 18 heteroatoms. The molecule has 4 rings (SSSR count). The highest BCUT2D eigenvalue weighted by atomic mass is 32.2. The molecule has 2 aromatic heterocycles. The lowest BCUT2D eigenvalue weighted by Crippen LogP contribution is -2.70. The first kappa shape index (κ1) is 25.3. The summed E-state index contributed by atoms with van der Waals surface area (Å²) in [5, 5.41) is 33.0. The molecule has 0 aromatic carbocycles. The van der Waals surface area contributed by atoms with Crippen molar-refractivity contribution in [2.75, 3.05) is 5.73 Å². The quantitative estimate of drug-likeness (QED) is 0.137. The first-order chi connectivity index (χ1) is 16.9. The van der Waals surface area contributed by atoms with E-state index in [1.54, 1.807) is 0 Å². The Morgan fingerprint density at radius 1 is 1.31 bits per heavy atom. The van der Waals surface area contributed by atoms with Crippen LogP contribution < -0.4 is 16.8 Å². The van der Waals surface area contributed by atoms with Crippen molar-refractivity contribution in [1.29, 1.82) is 0 Å². The van der Waals surface area contributed by atoms with Crippen LogP contribution in [-0.4, -0.2) is 87.6 Å². The summed E-state index contributed by atoms with van der Waals surface area (Å²) in [4.78, 5) is 59.5. The van der Waals surface area contributed by atoms with Gasteiger partial charge in [-0.2, -0.15) is 0 Å². The van der Waals surface area contributed by atoms with Crippen LogP contribution in [0.25, 0.3) is 0 Å². The zero-order chi connectivity index (χ0) is 26.4. The highest BCUT2D eigenvalue weighted by Gasteiger charge is 2.62. The number of thioether (sulfide) groups is 1. The second kappa shape index (κ2) is 9.36. The third kappa shape index (κ3) is 4.44. The van der Waals surface area contributed by atoms with E-state index in [9.17, 15) is 29.4 Å². The summed E-state index contributed by atoms with van der Waals surface area (Å²) in [6.07, 6.45) is 1.50. The second-order valence-electron chi connectivity index (χ2n) is 8.21. The molecule has 2 amide bonds. The van der Waals surface area contributed by atoms with Crippen LogP contribution in [-0.2, 0) is 30.6 Å². The van der Waals surface area contributed by atoms with E-state index in [2.05, 4.69) is 25.8 Å². The number of thiazole rings is 1. The number of hydrogen-bond donors (Lipinski definition) is 5. The van der Waals surface area contributed by atoms with Crippen molar-refractivity contribution in [3.63, 3.8) is 0 Å². The zero-order valence-corrected chi connectivity index (χ0v) is 20.4. The summed E-state index contributed by atoms with van der Waals surface area (Å²) in [5.74, 6) is -4.09. The van der Waals surface area contributed by atoms with E-state index >= 15 is 0 Å². The van der Waals surface area contributed by atoms with Crippen molar-refractivity contribution in [3.05, 3.63) is 23.0 Å². The monoisotopic (exact) mass is 539 g/mol. The van der Waals surface area contributed by atoms with Crippen LogP contribution in [0.5, 0.6) is 0 Å². The molecule has 0 spiro atoms. The summed E-state index contributed by atoms with van der Waals surface area (Å²) in [6, 6.07) is -2.35. The number of nitrogens with zero attached hydrogens (tertiary/aromatic N) is 6. The van der Waals surface area contributed by atoms with Crippen molar-refractivity contribution in [1.82, 2.24) is 30.2 Å². The molecule has 36 heavy (non-hydrogen) atoms. The Kier molecular flexibility index (Phi) is 6.58. The number of amides is 2. The van der Waals surface area contributed by atoms with Gasteiger partial charge in [-0.05, 0) is 13.8 Å². The lowest BCUT2D eigenvalue weighted by molar-refractivity contribution is -0.161. The molecular formula is C18H21N9O7S2. The van der Waals surface area contributed by atoms with Gasteiger partial charge in [-0.25, -0.2) is 19.3 Å². The number of carbonyl (C=O) groups is 4. The van der Waals surface area contributed by atoms with Crippen molar-refractivity contribution < 1.29 is 34.2 Å². The standard InChI is InChI=1S/C18H21N9O7S2/c1-18(2,16(32)33)34-24-8(7-5-35-17(20)21-7)11(28)22-9-12(29)27-10(15(30)31)14(36-13(9)27)26-4-6(3-19)23-25-26/h4-5,9-10,13-14H,3,19H2,1-2H3,(H2,20,21)(H,22,28)(H,30,31)(H,32,33)/t9?,10?,13-,14?/m1/s1. The van der Waals surface area contributed by atoms with Gasteiger partial charge in [0, 0.05) is 11.9 Å². The largest absolute Gasteiger partial charge is 0.480 e. The van der Waals surface area contributed by atoms with Gasteiger partial charge in [0.1, 0.15) is 22.5 Å². The third-order valence-corrected chi connectivity index (χ3v) is 7.56. The summed E-state index contributed by atoms with van der Waals surface area (Å²) in [7, 11) is 0. The lowest BCUT2D eigenvalue weighted by Gasteiger charge is -2.43. The Labute approximate surface area is 210 Å². The Hall–Kier alpha value is -3.77. The molecule has 4 atom stereocenters. The average Bonchev–Trinajstić information content (AvgIpc) is 3.54. The van der Waals surface area contributed by atoms with Crippen molar-refractivity contribution in [2.24, 2.45) is 10.9 Å². The van der Waals surface area contributed by atoms with Gasteiger partial charge >= 0.3 is 11.9 Å². The molecule has 0 bridgehead atoms. The number of aliphatic carboxylic acids is 2. The van der Waals surface area contributed by atoms with Crippen LogP contribution in [0.2, 0.25) is 0 Å². The summed E-state index contributed by atoms with van der Waals surface area (Å²) in [6.45, 7) is 2.57. The normalized spacial score (nSPS) is 23.7. The number of nitrogen functional groups attached to an aromatic ring is 1. The Balaban J connectivity index is 1.56. The van der Waals surface area contributed by atoms with Crippen molar-refractivity contribution in [3.8, 4) is 0 Å². The summed E-state index contributed by atoms with van der Waals surface area (Å²) in [5.41, 5.74) is 9.49. The van der Waals surface area contributed by atoms with E-state index in [4.69, 9.17) is 16.3 Å². The first-order valence-electron chi connectivity index (χ1n) is 10.3. The van der Waals surface area contributed by atoms with E-state index in [1.165, 1.54) is 30.1 Å². The molecule has 7 N–H and O–H groups in total. The number of nitrogens with two attached hydrogens (primary N) is 2. The summed E-state index contributed by atoms with van der Waals surface area (Å²) >= 11 is 2.12. The number of fused-ring (bicyclic) bond motifs is 1. The Morgan fingerprint density at radius 2 is 2.03 bits per heavy atom. The van der Waals surface area contributed by atoms with Gasteiger partial charge in [-0.15, -0.1) is 28.2 Å². The number of carbonyl (C=O) groups excluding carboxylic acids is 2. The summed E-state index contributed by atoms with van der Waals surface area (Å²) < 4.78 is 1.32. The third-order valence-electron chi connectivity index (χ3n) is 5.36. The minimum atomic E-state index is -1.76. The average molecular weight is 540 g/mol. The van der Waals surface area contributed by atoms with Crippen LogP contribution in [0, 0.1) is 0 Å². The highest BCUT2D eigenvalue weighted by molar-refractivity contribution is 8.00. The minimum absolute atomic E-state index is 0.0112. The lowest BCUT2D eigenvalue weighted by atomic mass is 10.0. The molecule has 2 aliphatic heterocycles. The van der Waals surface area contributed by atoms with Gasteiger partial charge in [0.15, 0.2) is 16.9 Å². The Bertz CT molecular complexity index is 1260. The molecule has 16 nitrogen and oxygen atoms in total. The number of aromatic nitrogens is 4. The number of anilines is 1. The van der Waals surface area contributed by atoms with Gasteiger partial charge in [-0.3, -0.25) is 9.59 Å². The van der Waals surface area contributed by atoms with E-state index in [0.29, 0.717) is 5.69 Å². The van der Waals surface area contributed by atoms with Crippen LogP contribution >= 0.6 is 23.1 Å². The van der Waals surface area contributed by atoms with Crippen LogP contribution in [0.4, 0.5) is 5.13 Å². The smallest absolute Gasteiger partial charge is 0.350 e. The van der Waals surface area contributed by atoms with Crippen molar-refractivity contribution >= 4 is 57.7 Å². The molecule has 2 aliphatic rings. The van der Waals surface area contributed by atoms with E-state index in [1.807, 2.05) is 0 Å². The number of oxime groups is 1. The van der Waals surface area contributed by atoms with Gasteiger partial charge < -0.3 is 36.7 Å². The molecule has 192 valence electrons. The molecular weight excluding hydrogens is 518 g/mol. The maximum Gasteiger partial charge on any atom is 0.350 e. The molecule has 2 fully saturated rings. The van der Waals surface area contributed by atoms with Crippen LogP contribution in [0.3, 0.4) is 0 Å². The maximum absolute atomic E-state index is 13.1. The van der Waals surface area contributed by atoms with E-state index in [-0.39, 0.29) is 17.4 Å². The molecule has 0 radical (unpaired) electrons. The van der Waals surface area contributed by atoms with E-state index < -0.39 is 57.9 Å². The number of β-lactam (4-membered cyclic amide) rings is 1. The number of carboxylic acids is 2. The fraction of sp³-hybridized carbons (Fsp3) is 0.444. The predicted octanol–water partition coefficient (Wildman–Crippen LogP) is -1.59. The number of nitrogens with one attached hydrogen (secondary N) is 1. The van der Waals surface area contributed by atoms with Crippen molar-refractivity contribution in [2.45, 2.75) is 48.8 Å². The Morgan fingerprint density at radius 3 is 2.58 bits per heavy atom. The second-order valence-corrected chi connectivity index (χ2v) is 10.3. The fourth-order valence-electron chi connectivity index (χ4n) is 3.40. The minimum Gasteiger partial charge on any atom is -0.480 e. The topological polar surface area (TPSA) is 241 Å². The molecule has 2 aromatic rings. The van der Waals surface area contributed by atoms with Gasteiger partial charge in [0.05, 0.1) is 11.9 Å². The van der Waals surface area contributed by atoms with Gasteiger partial charge in [0.2, 0.25) is 11.5 Å². The fourth-order valence-corrected chi connectivity index (χ4v) is 5.57. The number of rotatable bonds is 9. The maximum atomic E-state index is 13.1. The van der Waals surface area contributed by atoms with E-state index in [0.717, 1.165) is 28.0 Å². The molecule has 2 saturated heterocycles. The first-order valence-corrected chi connectivity index (χ1v) is 12.1. The SMILES string of the molecule is CC(C)(ON=C(C(=O)NC1C(=O)N2C(C(=O)O)C(n3cc(CN)nn3)S[C@H]12)c1csc(N)n1)C(=O)O. The molecule has 0 saturated carbocycles. The molecule has 4 heterocycles. The molecule has 0 aliphatic carbocycles. The van der Waals surface area contributed by atoms with Gasteiger partial charge in [0.25, 0.3) is 5.91 Å². The highest BCUT2D eigenvalue weighted by Crippen LogP contribution is 2.49. The molecule has 3 unspecified atom stereocenters. The number of hydrogen-bond acceptors (Lipinski definition) is 13. The zero-order valence-electron chi connectivity index (χ0n) is 18.8.